The van der Waals surface area contributed by atoms with Crippen LogP contribution in [0.15, 0.2) is 34.5 Å². The maximum atomic E-state index is 12.8. The summed E-state index contributed by atoms with van der Waals surface area (Å²) in [7, 11) is 0. The Morgan fingerprint density at radius 3 is 2.86 bits per heavy atom. The number of carbonyl (C=O) groups excluding carboxylic acids is 1. The Labute approximate surface area is 122 Å². The van der Waals surface area contributed by atoms with Crippen molar-refractivity contribution in [3.05, 3.63) is 35.6 Å². The van der Waals surface area contributed by atoms with Crippen LogP contribution in [0, 0.1) is 23.6 Å². The van der Waals surface area contributed by atoms with Gasteiger partial charge in [-0.3, -0.25) is 4.79 Å². The van der Waals surface area contributed by atoms with Gasteiger partial charge in [-0.15, -0.1) is 5.10 Å². The van der Waals surface area contributed by atoms with Crippen LogP contribution < -0.4 is 5.32 Å². The first kappa shape index (κ1) is 12.7. The van der Waals surface area contributed by atoms with Gasteiger partial charge in [-0.05, 0) is 42.9 Å². The van der Waals surface area contributed by atoms with Gasteiger partial charge in [0.1, 0.15) is 11.5 Å². The van der Waals surface area contributed by atoms with E-state index < -0.39 is 0 Å². The summed E-state index contributed by atoms with van der Waals surface area (Å²) in [6.45, 7) is 0.526. The molecule has 0 spiro atoms. The molecule has 3 unspecified atom stereocenters. The second kappa shape index (κ2) is 4.76. The van der Waals surface area contributed by atoms with Crippen LogP contribution >= 0.6 is 0 Å². The van der Waals surface area contributed by atoms with Crippen molar-refractivity contribution in [1.29, 1.82) is 0 Å². The Hall–Kier alpha value is -2.04. The van der Waals surface area contributed by atoms with Crippen molar-refractivity contribution in [2.45, 2.75) is 19.3 Å². The van der Waals surface area contributed by atoms with Crippen LogP contribution in [0.1, 0.15) is 18.4 Å². The summed E-state index contributed by atoms with van der Waals surface area (Å²) in [5.74, 6) is 1.16. The quantitative estimate of drug-likeness (QED) is 0.903. The van der Waals surface area contributed by atoms with E-state index >= 15 is 0 Å². The van der Waals surface area contributed by atoms with Gasteiger partial charge in [0.25, 0.3) is 5.91 Å². The lowest BCUT2D eigenvalue weighted by Gasteiger charge is -2.10. The molecule has 4 rings (SSSR count). The van der Waals surface area contributed by atoms with E-state index in [4.69, 9.17) is 0 Å². The zero-order chi connectivity index (χ0) is 14.4. The molecule has 2 aliphatic carbocycles. The van der Waals surface area contributed by atoms with E-state index in [0.717, 1.165) is 23.6 Å². The Bertz CT molecular complexity index is 650. The molecule has 1 aromatic rings. The molecule has 0 radical (unpaired) electrons. The van der Waals surface area contributed by atoms with E-state index in [1.165, 1.54) is 18.6 Å². The van der Waals surface area contributed by atoms with Crippen molar-refractivity contribution in [1.82, 2.24) is 5.32 Å². The van der Waals surface area contributed by atoms with Gasteiger partial charge in [0.05, 0.1) is 5.71 Å². The molecule has 1 aromatic carbocycles. The molecule has 21 heavy (non-hydrogen) atoms. The summed E-state index contributed by atoms with van der Waals surface area (Å²) in [6.07, 6.45) is 2.95. The number of amides is 1. The molecule has 1 N–H and O–H groups in total. The highest BCUT2D eigenvalue weighted by Crippen LogP contribution is 2.54. The summed E-state index contributed by atoms with van der Waals surface area (Å²) < 4.78 is 12.8. The largest absolute Gasteiger partial charge is 0.351 e. The molecular formula is C16H16FN3O. The number of hydrogen-bond donors (Lipinski definition) is 1. The molecule has 0 bridgehead atoms. The van der Waals surface area contributed by atoms with Crippen LogP contribution in [0.25, 0.3) is 0 Å². The summed E-state index contributed by atoms with van der Waals surface area (Å²) in [6, 6.07) is 6.34. The van der Waals surface area contributed by atoms with Crippen LogP contribution in [-0.2, 0) is 11.2 Å². The number of nitrogens with one attached hydrogen (secondary N) is 1. The number of nitrogens with zero attached hydrogens (tertiary/aromatic N) is 2. The van der Waals surface area contributed by atoms with Gasteiger partial charge in [0.2, 0.25) is 0 Å². The molecule has 0 saturated heterocycles. The number of hydrogen-bond acceptors (Lipinski definition) is 3. The van der Waals surface area contributed by atoms with Gasteiger partial charge in [-0.2, -0.15) is 5.10 Å². The summed E-state index contributed by atoms with van der Waals surface area (Å²) >= 11 is 0. The first-order chi connectivity index (χ1) is 10.2. The molecule has 1 aliphatic heterocycles. The van der Waals surface area contributed by atoms with Crippen molar-refractivity contribution in [3.8, 4) is 0 Å². The SMILES string of the molecule is O=C(NCCc1ccc(F)cc1)C1=NN=C2C1CC1CC21. The van der Waals surface area contributed by atoms with Gasteiger partial charge in [0, 0.05) is 18.4 Å². The van der Waals surface area contributed by atoms with E-state index in [9.17, 15) is 9.18 Å². The minimum Gasteiger partial charge on any atom is -0.351 e. The van der Waals surface area contributed by atoms with Crippen LogP contribution in [0.4, 0.5) is 4.39 Å². The Morgan fingerprint density at radius 1 is 1.24 bits per heavy atom. The second-order valence-corrected chi connectivity index (χ2v) is 6.03. The lowest BCUT2D eigenvalue weighted by atomic mass is 9.96. The molecule has 3 atom stereocenters. The highest BCUT2D eigenvalue weighted by atomic mass is 19.1. The number of benzene rings is 1. The lowest BCUT2D eigenvalue weighted by Crippen LogP contribution is -2.36. The standard InChI is InChI=1S/C16H16FN3O/c17-11-3-1-9(2-4-11)5-6-18-16(21)15-13-8-10-7-12(10)14(13)19-20-15/h1-4,10,12-13H,5-8H2,(H,18,21). The summed E-state index contributed by atoms with van der Waals surface area (Å²) in [5.41, 5.74) is 2.71. The van der Waals surface area contributed by atoms with Crippen molar-refractivity contribution < 1.29 is 9.18 Å². The Balaban J connectivity index is 1.30. The third-order valence-corrected chi connectivity index (χ3v) is 4.65. The van der Waals surface area contributed by atoms with Crippen LogP contribution in [0.2, 0.25) is 0 Å². The third-order valence-electron chi connectivity index (χ3n) is 4.65. The molecule has 2 saturated carbocycles. The van der Waals surface area contributed by atoms with Crippen LogP contribution in [0.5, 0.6) is 0 Å². The van der Waals surface area contributed by atoms with E-state index in [1.54, 1.807) is 12.1 Å². The molecule has 5 heteroatoms. The van der Waals surface area contributed by atoms with E-state index in [1.807, 2.05) is 0 Å². The van der Waals surface area contributed by atoms with Crippen molar-refractivity contribution in [2.75, 3.05) is 6.54 Å². The zero-order valence-corrected chi connectivity index (χ0v) is 11.6. The van der Waals surface area contributed by atoms with Crippen LogP contribution in [0.3, 0.4) is 0 Å². The predicted molar refractivity (Wildman–Crippen MR) is 77.7 cm³/mol. The Morgan fingerprint density at radius 2 is 2.05 bits per heavy atom. The normalized spacial score (nSPS) is 28.5. The monoisotopic (exact) mass is 285 g/mol. The van der Waals surface area contributed by atoms with E-state index in [0.29, 0.717) is 24.6 Å². The molecule has 3 aliphatic rings. The fraction of sp³-hybridized carbons (Fsp3) is 0.438. The smallest absolute Gasteiger partial charge is 0.268 e. The first-order valence-electron chi connectivity index (χ1n) is 7.40. The number of halogens is 1. The molecule has 0 aromatic heterocycles. The molecule has 4 nitrogen and oxygen atoms in total. The first-order valence-corrected chi connectivity index (χ1v) is 7.40. The molecule has 108 valence electrons. The lowest BCUT2D eigenvalue weighted by molar-refractivity contribution is -0.115. The van der Waals surface area contributed by atoms with Crippen molar-refractivity contribution in [3.63, 3.8) is 0 Å². The molecule has 1 heterocycles. The van der Waals surface area contributed by atoms with Gasteiger partial charge < -0.3 is 5.32 Å². The highest BCUT2D eigenvalue weighted by Gasteiger charge is 2.55. The molecule has 2 fully saturated rings. The highest BCUT2D eigenvalue weighted by molar-refractivity contribution is 6.45. The third kappa shape index (κ3) is 2.26. The average Bonchev–Trinajstić information content (AvgIpc) is 2.96. The minimum atomic E-state index is -0.243. The van der Waals surface area contributed by atoms with Gasteiger partial charge in [-0.1, -0.05) is 12.1 Å². The fourth-order valence-electron chi connectivity index (χ4n) is 3.39. The Kier molecular flexibility index (Phi) is 2.87. The predicted octanol–water partition coefficient (Wildman–Crippen LogP) is 1.95. The zero-order valence-electron chi connectivity index (χ0n) is 11.6. The second-order valence-electron chi connectivity index (χ2n) is 6.03. The minimum absolute atomic E-state index is 0.109. The van der Waals surface area contributed by atoms with Crippen LogP contribution in [-0.4, -0.2) is 23.9 Å². The maximum absolute atomic E-state index is 12.8. The fourth-order valence-corrected chi connectivity index (χ4v) is 3.39. The number of fused-ring (bicyclic) bond motifs is 3. The number of rotatable bonds is 4. The topological polar surface area (TPSA) is 53.8 Å². The van der Waals surface area contributed by atoms with E-state index in [-0.39, 0.29) is 17.6 Å². The summed E-state index contributed by atoms with van der Waals surface area (Å²) in [5, 5.41) is 11.2. The average molecular weight is 285 g/mol. The maximum Gasteiger partial charge on any atom is 0.268 e. The number of carbonyl (C=O) groups is 1. The van der Waals surface area contributed by atoms with Gasteiger partial charge in [0.15, 0.2) is 0 Å². The van der Waals surface area contributed by atoms with Crippen molar-refractivity contribution >= 4 is 17.3 Å². The summed E-state index contributed by atoms with van der Waals surface area (Å²) in [4.78, 5) is 12.2. The molecule has 1 amide bonds. The van der Waals surface area contributed by atoms with Gasteiger partial charge in [-0.25, -0.2) is 4.39 Å². The molecular weight excluding hydrogens is 269 g/mol. The van der Waals surface area contributed by atoms with Crippen molar-refractivity contribution in [2.24, 2.45) is 28.0 Å². The van der Waals surface area contributed by atoms with E-state index in [2.05, 4.69) is 15.5 Å². The van der Waals surface area contributed by atoms with Gasteiger partial charge >= 0.3 is 0 Å².